The Morgan fingerprint density at radius 1 is 0.760 bits per heavy atom. The second-order valence-corrected chi connectivity index (χ2v) is 5.65. The summed E-state index contributed by atoms with van der Waals surface area (Å²) in [6, 6.07) is 6.77. The first-order valence-electron chi connectivity index (χ1n) is 7.38. The van der Waals surface area contributed by atoms with Gasteiger partial charge >= 0.3 is 12.4 Å². The van der Waals surface area contributed by atoms with Crippen LogP contribution in [0.1, 0.15) is 41.5 Å². The highest BCUT2D eigenvalue weighted by atomic mass is 19.4. The Hall–Kier alpha value is -2.38. The highest BCUT2D eigenvalue weighted by molar-refractivity contribution is 5.54. The summed E-state index contributed by atoms with van der Waals surface area (Å²) in [7, 11) is 0. The first-order valence-corrected chi connectivity index (χ1v) is 7.38. The molecule has 2 rings (SSSR count). The minimum Gasteiger partial charge on any atom is -0.398 e. The fourth-order valence-corrected chi connectivity index (χ4v) is 2.74. The fourth-order valence-electron chi connectivity index (χ4n) is 2.74. The van der Waals surface area contributed by atoms with Crippen molar-refractivity contribution >= 4 is 11.4 Å². The molecule has 2 aromatic carbocycles. The third kappa shape index (κ3) is 4.00. The van der Waals surface area contributed by atoms with Gasteiger partial charge in [0, 0.05) is 17.3 Å². The van der Waals surface area contributed by atoms with Gasteiger partial charge in [-0.15, -0.1) is 0 Å². The Morgan fingerprint density at radius 2 is 1.12 bits per heavy atom. The number of nitrogen functional groups attached to an aromatic ring is 2. The number of anilines is 2. The van der Waals surface area contributed by atoms with Gasteiger partial charge in [-0.1, -0.05) is 19.1 Å². The van der Waals surface area contributed by atoms with Gasteiger partial charge < -0.3 is 11.5 Å². The van der Waals surface area contributed by atoms with E-state index < -0.39 is 40.8 Å². The first-order chi connectivity index (χ1) is 11.4. The summed E-state index contributed by atoms with van der Waals surface area (Å²) in [5.41, 5.74) is 8.35. The second kappa shape index (κ2) is 6.50. The zero-order chi connectivity index (χ0) is 19.0. The predicted molar refractivity (Wildman–Crippen MR) is 83.8 cm³/mol. The summed E-state index contributed by atoms with van der Waals surface area (Å²) < 4.78 is 78.2. The van der Waals surface area contributed by atoms with Crippen molar-refractivity contribution in [1.82, 2.24) is 0 Å². The average Bonchev–Trinajstić information content (AvgIpc) is 2.48. The van der Waals surface area contributed by atoms with E-state index in [1.54, 1.807) is 6.92 Å². The lowest BCUT2D eigenvalue weighted by atomic mass is 9.87. The zero-order valence-corrected chi connectivity index (χ0v) is 13.2. The summed E-state index contributed by atoms with van der Waals surface area (Å²) in [6.45, 7) is 1.68. The molecule has 0 atom stereocenters. The van der Waals surface area contributed by atoms with Crippen LogP contribution in [-0.2, 0) is 12.4 Å². The molecule has 0 radical (unpaired) electrons. The summed E-state index contributed by atoms with van der Waals surface area (Å²) in [5, 5.41) is 0. The number of hydrogen-bond donors (Lipinski definition) is 2. The maximum Gasteiger partial charge on any atom is 0.418 e. The van der Waals surface area contributed by atoms with E-state index in [9.17, 15) is 26.3 Å². The van der Waals surface area contributed by atoms with E-state index in [1.165, 1.54) is 12.1 Å². The topological polar surface area (TPSA) is 52.0 Å². The van der Waals surface area contributed by atoms with Gasteiger partial charge in [-0.05, 0) is 41.8 Å². The Labute approximate surface area is 140 Å². The van der Waals surface area contributed by atoms with Gasteiger partial charge in [0.25, 0.3) is 0 Å². The number of benzene rings is 2. The van der Waals surface area contributed by atoms with Crippen molar-refractivity contribution in [2.45, 2.75) is 31.6 Å². The molecule has 0 aliphatic rings. The van der Waals surface area contributed by atoms with Crippen molar-refractivity contribution in [3.63, 3.8) is 0 Å². The normalized spacial score (nSPS) is 12.6. The molecule has 25 heavy (non-hydrogen) atoms. The SMILES string of the molecule is CCC(c1ccc(N)c(C(F)(F)F)c1)c1ccc(N)c(C(F)(F)F)c1. The molecular formula is C17H16F6N2. The van der Waals surface area contributed by atoms with E-state index in [0.29, 0.717) is 6.42 Å². The Balaban J connectivity index is 2.55. The molecule has 136 valence electrons. The molecule has 0 aliphatic heterocycles. The molecule has 0 bridgehead atoms. The van der Waals surface area contributed by atoms with Crippen LogP contribution >= 0.6 is 0 Å². The van der Waals surface area contributed by atoms with Crippen LogP contribution in [0.2, 0.25) is 0 Å². The molecule has 2 nitrogen and oxygen atoms in total. The summed E-state index contributed by atoms with van der Waals surface area (Å²) in [6.07, 6.45) is -8.98. The summed E-state index contributed by atoms with van der Waals surface area (Å²) in [4.78, 5) is 0. The predicted octanol–water partition coefficient (Wildman–Crippen LogP) is 5.43. The Morgan fingerprint density at radius 3 is 1.40 bits per heavy atom. The van der Waals surface area contributed by atoms with Crippen LogP contribution in [0.5, 0.6) is 0 Å². The minimum atomic E-state index is -4.64. The monoisotopic (exact) mass is 362 g/mol. The average molecular weight is 362 g/mol. The van der Waals surface area contributed by atoms with Gasteiger partial charge in [0.2, 0.25) is 0 Å². The van der Waals surface area contributed by atoms with E-state index in [-0.39, 0.29) is 11.1 Å². The minimum absolute atomic E-state index is 0.238. The van der Waals surface area contributed by atoms with E-state index in [1.807, 2.05) is 0 Å². The lowest BCUT2D eigenvalue weighted by Crippen LogP contribution is -2.12. The largest absolute Gasteiger partial charge is 0.418 e. The van der Waals surface area contributed by atoms with Crippen molar-refractivity contribution in [2.75, 3.05) is 11.5 Å². The molecule has 0 saturated heterocycles. The molecule has 4 N–H and O–H groups in total. The van der Waals surface area contributed by atoms with Gasteiger partial charge in [0.05, 0.1) is 11.1 Å². The van der Waals surface area contributed by atoms with Crippen molar-refractivity contribution in [1.29, 1.82) is 0 Å². The molecule has 0 unspecified atom stereocenters. The van der Waals surface area contributed by atoms with Gasteiger partial charge in [-0.2, -0.15) is 26.3 Å². The standard InChI is InChI=1S/C17H16F6N2/c1-2-11(9-3-5-14(24)12(7-9)16(18,19)20)10-4-6-15(25)13(8-10)17(21,22)23/h3-8,11H,2,24-25H2,1H3. The Bertz CT molecular complexity index is 701. The van der Waals surface area contributed by atoms with Crippen LogP contribution in [0.15, 0.2) is 36.4 Å². The third-order valence-corrected chi connectivity index (χ3v) is 3.98. The maximum absolute atomic E-state index is 13.0. The van der Waals surface area contributed by atoms with Gasteiger partial charge in [0.15, 0.2) is 0 Å². The van der Waals surface area contributed by atoms with E-state index in [4.69, 9.17) is 11.5 Å². The molecule has 0 saturated carbocycles. The van der Waals surface area contributed by atoms with Gasteiger partial charge in [-0.3, -0.25) is 0 Å². The molecule has 0 amide bonds. The molecule has 0 aliphatic carbocycles. The molecule has 0 fully saturated rings. The van der Waals surface area contributed by atoms with Crippen molar-refractivity contribution in [3.05, 3.63) is 58.7 Å². The van der Waals surface area contributed by atoms with E-state index >= 15 is 0 Å². The van der Waals surface area contributed by atoms with Crippen LogP contribution in [0, 0.1) is 0 Å². The first kappa shape index (κ1) is 19.0. The summed E-state index contributed by atoms with van der Waals surface area (Å²) in [5.74, 6) is -0.650. The molecular weight excluding hydrogens is 346 g/mol. The third-order valence-electron chi connectivity index (χ3n) is 3.98. The molecule has 2 aromatic rings. The van der Waals surface area contributed by atoms with Crippen LogP contribution < -0.4 is 11.5 Å². The molecule has 8 heteroatoms. The Kier molecular flexibility index (Phi) is 4.92. The lowest BCUT2D eigenvalue weighted by molar-refractivity contribution is -0.137. The smallest absolute Gasteiger partial charge is 0.398 e. The molecule has 0 heterocycles. The molecule has 0 spiro atoms. The lowest BCUT2D eigenvalue weighted by Gasteiger charge is -2.20. The van der Waals surface area contributed by atoms with Crippen LogP contribution in [0.25, 0.3) is 0 Å². The highest BCUT2D eigenvalue weighted by Crippen LogP contribution is 2.40. The summed E-state index contributed by atoms with van der Waals surface area (Å²) >= 11 is 0. The molecule has 0 aromatic heterocycles. The van der Waals surface area contributed by atoms with Crippen molar-refractivity contribution in [3.8, 4) is 0 Å². The number of rotatable bonds is 3. The zero-order valence-electron chi connectivity index (χ0n) is 13.2. The number of hydrogen-bond acceptors (Lipinski definition) is 2. The van der Waals surface area contributed by atoms with Gasteiger partial charge in [-0.25, -0.2) is 0 Å². The van der Waals surface area contributed by atoms with Crippen molar-refractivity contribution in [2.24, 2.45) is 0 Å². The van der Waals surface area contributed by atoms with E-state index in [0.717, 1.165) is 24.3 Å². The van der Waals surface area contributed by atoms with Crippen LogP contribution in [0.4, 0.5) is 37.7 Å². The van der Waals surface area contributed by atoms with Crippen molar-refractivity contribution < 1.29 is 26.3 Å². The highest BCUT2D eigenvalue weighted by Gasteiger charge is 2.35. The number of nitrogens with two attached hydrogens (primary N) is 2. The van der Waals surface area contributed by atoms with E-state index in [2.05, 4.69) is 0 Å². The number of alkyl halides is 6. The quantitative estimate of drug-likeness (QED) is 0.565. The van der Waals surface area contributed by atoms with Crippen LogP contribution in [0.3, 0.4) is 0 Å². The fraction of sp³-hybridized carbons (Fsp3) is 0.294. The maximum atomic E-state index is 13.0. The van der Waals surface area contributed by atoms with Crippen LogP contribution in [-0.4, -0.2) is 0 Å². The van der Waals surface area contributed by atoms with Gasteiger partial charge in [0.1, 0.15) is 0 Å². The second-order valence-electron chi connectivity index (χ2n) is 5.65. The number of halogens is 6.